The molecule has 0 saturated heterocycles. The fourth-order valence-electron chi connectivity index (χ4n) is 2.15. The van der Waals surface area contributed by atoms with Crippen LogP contribution in [0.4, 0.5) is 0 Å². The lowest BCUT2D eigenvalue weighted by Crippen LogP contribution is -2.31. The standard InChI is InChI=1S/C15H18IN3/c1-2-12-4-3-9-18-15(12)14(19-17)10-11-5-7-13(16)8-6-11/h3-9,14,19H,2,10,17H2,1H3. The highest BCUT2D eigenvalue weighted by Gasteiger charge is 2.15. The Balaban J connectivity index is 2.22. The lowest BCUT2D eigenvalue weighted by molar-refractivity contribution is 0.533. The molecule has 0 bridgehead atoms. The minimum absolute atomic E-state index is 0.0520. The van der Waals surface area contributed by atoms with Crippen LogP contribution in [0.3, 0.4) is 0 Å². The van der Waals surface area contributed by atoms with Gasteiger partial charge in [-0.25, -0.2) is 0 Å². The molecule has 1 aromatic carbocycles. The molecule has 0 saturated carbocycles. The Hall–Kier alpha value is -0.980. The normalized spacial score (nSPS) is 12.4. The summed E-state index contributed by atoms with van der Waals surface area (Å²) in [4.78, 5) is 4.49. The zero-order chi connectivity index (χ0) is 13.7. The maximum atomic E-state index is 5.71. The van der Waals surface area contributed by atoms with Crippen molar-refractivity contribution in [3.8, 4) is 0 Å². The topological polar surface area (TPSA) is 50.9 Å². The largest absolute Gasteiger partial charge is 0.271 e. The minimum atomic E-state index is 0.0520. The number of rotatable bonds is 5. The molecule has 19 heavy (non-hydrogen) atoms. The molecule has 4 heteroatoms. The molecule has 0 aliphatic heterocycles. The summed E-state index contributed by atoms with van der Waals surface area (Å²) in [7, 11) is 0. The first kappa shape index (κ1) is 14.4. The second kappa shape index (κ2) is 6.98. The monoisotopic (exact) mass is 367 g/mol. The molecule has 0 aliphatic carbocycles. The number of nitrogens with two attached hydrogens (primary N) is 1. The van der Waals surface area contributed by atoms with Gasteiger partial charge in [-0.05, 0) is 64.8 Å². The Bertz CT molecular complexity index is 525. The van der Waals surface area contributed by atoms with Gasteiger partial charge in [0.05, 0.1) is 11.7 Å². The van der Waals surface area contributed by atoms with Crippen LogP contribution in [0.15, 0.2) is 42.6 Å². The predicted molar refractivity (Wildman–Crippen MR) is 86.5 cm³/mol. The fourth-order valence-corrected chi connectivity index (χ4v) is 2.51. The molecule has 0 amide bonds. The number of halogens is 1. The van der Waals surface area contributed by atoms with Gasteiger partial charge in [-0.3, -0.25) is 16.3 Å². The smallest absolute Gasteiger partial charge is 0.0675 e. The number of nitrogens with zero attached hydrogens (tertiary/aromatic N) is 1. The number of hydrogen-bond donors (Lipinski definition) is 2. The molecule has 3 nitrogen and oxygen atoms in total. The van der Waals surface area contributed by atoms with E-state index in [4.69, 9.17) is 5.84 Å². The molecule has 1 unspecified atom stereocenters. The van der Waals surface area contributed by atoms with Crippen molar-refractivity contribution in [3.05, 3.63) is 63.0 Å². The lowest BCUT2D eigenvalue weighted by Gasteiger charge is -2.18. The highest BCUT2D eigenvalue weighted by molar-refractivity contribution is 14.1. The minimum Gasteiger partial charge on any atom is -0.271 e. The van der Waals surface area contributed by atoms with E-state index >= 15 is 0 Å². The molecule has 3 N–H and O–H groups in total. The summed E-state index contributed by atoms with van der Waals surface area (Å²) in [6.07, 6.45) is 3.64. The summed E-state index contributed by atoms with van der Waals surface area (Å²) in [6.45, 7) is 2.14. The number of benzene rings is 1. The summed E-state index contributed by atoms with van der Waals surface area (Å²) in [6, 6.07) is 12.6. The molecular formula is C15H18IN3. The number of nitrogens with one attached hydrogen (secondary N) is 1. The number of pyridine rings is 1. The first-order valence-electron chi connectivity index (χ1n) is 6.39. The molecule has 1 atom stereocenters. The van der Waals surface area contributed by atoms with Crippen LogP contribution >= 0.6 is 22.6 Å². The van der Waals surface area contributed by atoms with Crippen molar-refractivity contribution in [2.45, 2.75) is 25.8 Å². The van der Waals surface area contributed by atoms with Gasteiger partial charge in [0.15, 0.2) is 0 Å². The van der Waals surface area contributed by atoms with E-state index in [1.165, 1.54) is 14.7 Å². The third-order valence-electron chi connectivity index (χ3n) is 3.19. The average molecular weight is 367 g/mol. The number of hydrazine groups is 1. The second-order valence-corrected chi connectivity index (χ2v) is 5.70. The van der Waals surface area contributed by atoms with Crippen LogP contribution in [0.25, 0.3) is 0 Å². The van der Waals surface area contributed by atoms with Crippen LogP contribution in [0.1, 0.15) is 29.8 Å². The van der Waals surface area contributed by atoms with Gasteiger partial charge >= 0.3 is 0 Å². The molecule has 1 heterocycles. The molecule has 0 fully saturated rings. The quantitative estimate of drug-likeness (QED) is 0.485. The van der Waals surface area contributed by atoms with Crippen LogP contribution < -0.4 is 11.3 Å². The van der Waals surface area contributed by atoms with E-state index in [-0.39, 0.29) is 6.04 Å². The van der Waals surface area contributed by atoms with E-state index < -0.39 is 0 Å². The van der Waals surface area contributed by atoms with Crippen LogP contribution in [-0.4, -0.2) is 4.98 Å². The van der Waals surface area contributed by atoms with Crippen molar-refractivity contribution < 1.29 is 0 Å². The fraction of sp³-hybridized carbons (Fsp3) is 0.267. The third kappa shape index (κ3) is 3.75. The van der Waals surface area contributed by atoms with Gasteiger partial charge in [0.1, 0.15) is 0 Å². The number of hydrogen-bond acceptors (Lipinski definition) is 3. The van der Waals surface area contributed by atoms with E-state index in [9.17, 15) is 0 Å². The molecule has 100 valence electrons. The summed E-state index contributed by atoms with van der Waals surface area (Å²) >= 11 is 2.31. The van der Waals surface area contributed by atoms with Gasteiger partial charge in [-0.2, -0.15) is 0 Å². The summed E-state index contributed by atoms with van der Waals surface area (Å²) in [5, 5.41) is 0. The SMILES string of the molecule is CCc1cccnc1C(Cc1ccc(I)cc1)NN. The Morgan fingerprint density at radius 3 is 2.63 bits per heavy atom. The Kier molecular flexibility index (Phi) is 5.30. The van der Waals surface area contributed by atoms with Gasteiger partial charge in [0.25, 0.3) is 0 Å². The first-order valence-corrected chi connectivity index (χ1v) is 7.46. The molecular weight excluding hydrogens is 349 g/mol. The van der Waals surface area contributed by atoms with Crippen molar-refractivity contribution in [2.24, 2.45) is 5.84 Å². The van der Waals surface area contributed by atoms with E-state index in [0.29, 0.717) is 0 Å². The van der Waals surface area contributed by atoms with Gasteiger partial charge in [-0.15, -0.1) is 0 Å². The average Bonchev–Trinajstić information content (AvgIpc) is 2.46. The van der Waals surface area contributed by atoms with E-state index in [0.717, 1.165) is 18.5 Å². The van der Waals surface area contributed by atoms with Crippen molar-refractivity contribution in [1.82, 2.24) is 10.4 Å². The van der Waals surface area contributed by atoms with Gasteiger partial charge < -0.3 is 0 Å². The maximum absolute atomic E-state index is 5.71. The summed E-state index contributed by atoms with van der Waals surface area (Å²) in [5.74, 6) is 5.71. The zero-order valence-corrected chi connectivity index (χ0v) is 13.1. The highest BCUT2D eigenvalue weighted by Crippen LogP contribution is 2.20. The molecule has 2 aromatic rings. The van der Waals surface area contributed by atoms with Crippen molar-refractivity contribution >= 4 is 22.6 Å². The van der Waals surface area contributed by atoms with Crippen molar-refractivity contribution in [1.29, 1.82) is 0 Å². The van der Waals surface area contributed by atoms with Crippen LogP contribution in [-0.2, 0) is 12.8 Å². The number of aryl methyl sites for hydroxylation is 1. The molecule has 1 aromatic heterocycles. The zero-order valence-electron chi connectivity index (χ0n) is 10.9. The van der Waals surface area contributed by atoms with Crippen LogP contribution in [0.5, 0.6) is 0 Å². The molecule has 0 aliphatic rings. The van der Waals surface area contributed by atoms with Crippen LogP contribution in [0.2, 0.25) is 0 Å². The van der Waals surface area contributed by atoms with E-state index in [1.54, 1.807) is 0 Å². The molecule has 0 spiro atoms. The summed E-state index contributed by atoms with van der Waals surface area (Å²) < 4.78 is 1.24. The number of aromatic nitrogens is 1. The van der Waals surface area contributed by atoms with Gasteiger partial charge in [0, 0.05) is 9.77 Å². The van der Waals surface area contributed by atoms with E-state index in [1.807, 2.05) is 12.3 Å². The lowest BCUT2D eigenvalue weighted by atomic mass is 9.99. The first-order chi connectivity index (χ1) is 9.24. The van der Waals surface area contributed by atoms with Gasteiger partial charge in [0.2, 0.25) is 0 Å². The Morgan fingerprint density at radius 2 is 2.00 bits per heavy atom. The second-order valence-electron chi connectivity index (χ2n) is 4.45. The third-order valence-corrected chi connectivity index (χ3v) is 3.91. The Labute approximate surface area is 127 Å². The van der Waals surface area contributed by atoms with Crippen LogP contribution in [0, 0.1) is 3.57 Å². The summed E-state index contributed by atoms with van der Waals surface area (Å²) in [5.41, 5.74) is 6.45. The predicted octanol–water partition coefficient (Wildman–Crippen LogP) is 3.00. The molecule has 0 radical (unpaired) electrons. The maximum Gasteiger partial charge on any atom is 0.0675 e. The van der Waals surface area contributed by atoms with Gasteiger partial charge in [-0.1, -0.05) is 25.1 Å². The van der Waals surface area contributed by atoms with E-state index in [2.05, 4.69) is 70.3 Å². The Morgan fingerprint density at radius 1 is 1.26 bits per heavy atom. The highest BCUT2D eigenvalue weighted by atomic mass is 127. The van der Waals surface area contributed by atoms with Crippen molar-refractivity contribution in [2.75, 3.05) is 0 Å². The molecule has 2 rings (SSSR count). The van der Waals surface area contributed by atoms with Crippen molar-refractivity contribution in [3.63, 3.8) is 0 Å².